The number of benzene rings is 1. The average Bonchev–Trinajstić information content (AvgIpc) is 2.42. The van der Waals surface area contributed by atoms with Gasteiger partial charge in [-0.25, -0.2) is 5.84 Å². The number of nitrogens with two attached hydrogens (primary N) is 1. The number of esters is 1. The number of rotatable bonds is 6. The van der Waals surface area contributed by atoms with Crippen LogP contribution in [0.5, 0.6) is 0 Å². The Balaban J connectivity index is 2.51. The van der Waals surface area contributed by atoms with Crippen LogP contribution in [0.25, 0.3) is 0 Å². The van der Waals surface area contributed by atoms with Gasteiger partial charge in [-0.15, -0.1) is 0 Å². The molecule has 1 rings (SSSR count). The fraction of sp³-hybridized carbons (Fsp3) is 0.333. The zero-order valence-electron chi connectivity index (χ0n) is 10.1. The summed E-state index contributed by atoms with van der Waals surface area (Å²) in [5.74, 6) is 5.90. The molecule has 0 saturated carbocycles. The minimum atomic E-state index is -0.306. The third-order valence-electron chi connectivity index (χ3n) is 2.33. The van der Waals surface area contributed by atoms with Gasteiger partial charge in [0, 0.05) is 17.1 Å². The van der Waals surface area contributed by atoms with E-state index in [4.69, 9.17) is 5.84 Å². The van der Waals surface area contributed by atoms with Crippen molar-refractivity contribution in [2.24, 2.45) is 5.84 Å². The van der Waals surface area contributed by atoms with Crippen LogP contribution in [0.1, 0.15) is 22.3 Å². The maximum atomic E-state index is 11.5. The molecule has 18 heavy (non-hydrogen) atoms. The first-order valence-electron chi connectivity index (χ1n) is 5.42. The molecule has 0 atom stereocenters. The Morgan fingerprint density at radius 3 is 2.78 bits per heavy atom. The second-order valence-corrected chi connectivity index (χ2v) is 4.61. The molecule has 0 aromatic heterocycles. The number of hydrazine groups is 1. The molecule has 0 spiro atoms. The SMILES string of the molecule is COC(=O)CCSCc1ccccc1C(=O)NN. The summed E-state index contributed by atoms with van der Waals surface area (Å²) in [6.07, 6.45) is 0.367. The molecule has 1 aromatic carbocycles. The lowest BCUT2D eigenvalue weighted by molar-refractivity contribution is -0.140. The van der Waals surface area contributed by atoms with Crippen LogP contribution < -0.4 is 11.3 Å². The number of carbonyl (C=O) groups is 2. The summed E-state index contributed by atoms with van der Waals surface area (Å²) >= 11 is 1.57. The highest BCUT2D eigenvalue weighted by molar-refractivity contribution is 7.98. The minimum Gasteiger partial charge on any atom is -0.469 e. The molecule has 1 amide bonds. The summed E-state index contributed by atoms with van der Waals surface area (Å²) in [7, 11) is 1.37. The Kier molecular flexibility index (Phi) is 6.24. The van der Waals surface area contributed by atoms with Crippen LogP contribution >= 0.6 is 11.8 Å². The third kappa shape index (κ3) is 4.38. The summed E-state index contributed by atoms with van der Waals surface area (Å²) < 4.78 is 4.55. The standard InChI is InChI=1S/C12H16N2O3S/c1-17-11(15)6-7-18-8-9-4-2-3-5-10(9)12(16)14-13/h2-5H,6-8,13H2,1H3,(H,14,16). The maximum absolute atomic E-state index is 11.5. The van der Waals surface area contributed by atoms with E-state index < -0.39 is 0 Å². The monoisotopic (exact) mass is 268 g/mol. The molecule has 0 unspecified atom stereocenters. The Hall–Kier alpha value is -1.53. The lowest BCUT2D eigenvalue weighted by Crippen LogP contribution is -2.30. The summed E-state index contributed by atoms with van der Waals surface area (Å²) in [6, 6.07) is 7.24. The maximum Gasteiger partial charge on any atom is 0.306 e. The van der Waals surface area contributed by atoms with Crippen molar-refractivity contribution in [1.82, 2.24) is 5.43 Å². The number of nitrogens with one attached hydrogen (secondary N) is 1. The van der Waals surface area contributed by atoms with E-state index in [1.54, 1.807) is 23.9 Å². The highest BCUT2D eigenvalue weighted by atomic mass is 32.2. The fourth-order valence-corrected chi connectivity index (χ4v) is 2.31. The second-order valence-electron chi connectivity index (χ2n) is 3.51. The van der Waals surface area contributed by atoms with E-state index >= 15 is 0 Å². The third-order valence-corrected chi connectivity index (χ3v) is 3.34. The topological polar surface area (TPSA) is 81.4 Å². The smallest absolute Gasteiger partial charge is 0.306 e. The largest absolute Gasteiger partial charge is 0.469 e. The molecule has 5 nitrogen and oxygen atoms in total. The van der Waals surface area contributed by atoms with Gasteiger partial charge >= 0.3 is 5.97 Å². The van der Waals surface area contributed by atoms with Crippen molar-refractivity contribution in [2.75, 3.05) is 12.9 Å². The molecule has 0 saturated heterocycles. The molecule has 6 heteroatoms. The fourth-order valence-electron chi connectivity index (χ4n) is 1.39. The Labute approximate surface area is 110 Å². The van der Waals surface area contributed by atoms with Crippen LogP contribution in [0.2, 0.25) is 0 Å². The first kappa shape index (κ1) is 14.5. The van der Waals surface area contributed by atoms with Crippen molar-refractivity contribution in [3.63, 3.8) is 0 Å². The summed E-state index contributed by atoms with van der Waals surface area (Å²) in [5, 5.41) is 0. The second kappa shape index (κ2) is 7.73. The van der Waals surface area contributed by atoms with E-state index in [9.17, 15) is 9.59 Å². The number of amides is 1. The van der Waals surface area contributed by atoms with Crippen LogP contribution in [0.4, 0.5) is 0 Å². The van der Waals surface area contributed by atoms with Crippen molar-refractivity contribution < 1.29 is 14.3 Å². The molecular formula is C12H16N2O3S. The molecule has 0 bridgehead atoms. The predicted molar refractivity (Wildman–Crippen MR) is 70.9 cm³/mol. The molecule has 0 aliphatic heterocycles. The molecule has 98 valence electrons. The van der Waals surface area contributed by atoms with Crippen molar-refractivity contribution in [1.29, 1.82) is 0 Å². The van der Waals surface area contributed by atoms with Gasteiger partial charge in [-0.2, -0.15) is 11.8 Å². The van der Waals surface area contributed by atoms with Gasteiger partial charge in [0.25, 0.3) is 5.91 Å². The Bertz CT molecular complexity index is 424. The number of ether oxygens (including phenoxy) is 1. The van der Waals surface area contributed by atoms with Crippen LogP contribution in [0, 0.1) is 0 Å². The van der Waals surface area contributed by atoms with Gasteiger partial charge < -0.3 is 4.74 Å². The van der Waals surface area contributed by atoms with Gasteiger partial charge in [0.1, 0.15) is 0 Å². The van der Waals surface area contributed by atoms with E-state index in [0.717, 1.165) is 5.56 Å². The first-order chi connectivity index (χ1) is 8.69. The van der Waals surface area contributed by atoms with E-state index in [2.05, 4.69) is 10.2 Å². The van der Waals surface area contributed by atoms with Crippen molar-refractivity contribution >= 4 is 23.6 Å². The van der Waals surface area contributed by atoms with Crippen LogP contribution in [-0.2, 0) is 15.3 Å². The summed E-state index contributed by atoms with van der Waals surface area (Å²) in [5.41, 5.74) is 3.58. The van der Waals surface area contributed by atoms with Crippen molar-refractivity contribution in [3.05, 3.63) is 35.4 Å². The summed E-state index contributed by atoms with van der Waals surface area (Å²) in [6.45, 7) is 0. The average molecular weight is 268 g/mol. The lowest BCUT2D eigenvalue weighted by atomic mass is 10.1. The van der Waals surface area contributed by atoms with E-state index in [1.165, 1.54) is 7.11 Å². The molecule has 0 aliphatic rings. The van der Waals surface area contributed by atoms with Crippen molar-refractivity contribution in [2.45, 2.75) is 12.2 Å². The molecule has 0 heterocycles. The van der Waals surface area contributed by atoms with Gasteiger partial charge in [0.15, 0.2) is 0 Å². The number of nitrogen functional groups attached to an aromatic ring is 1. The van der Waals surface area contributed by atoms with Gasteiger partial charge in [-0.1, -0.05) is 18.2 Å². The number of methoxy groups -OCH3 is 1. The number of carbonyl (C=O) groups excluding carboxylic acids is 2. The predicted octanol–water partition coefficient (Wildman–Crippen LogP) is 1.09. The molecule has 0 radical (unpaired) electrons. The molecule has 1 aromatic rings. The van der Waals surface area contributed by atoms with Gasteiger partial charge in [-0.3, -0.25) is 15.0 Å². The van der Waals surface area contributed by atoms with Crippen molar-refractivity contribution in [3.8, 4) is 0 Å². The molecule has 3 N–H and O–H groups in total. The van der Waals surface area contributed by atoms with E-state index in [-0.39, 0.29) is 11.9 Å². The minimum absolute atomic E-state index is 0.226. The molecular weight excluding hydrogens is 252 g/mol. The number of thioether (sulfide) groups is 1. The van der Waals surface area contributed by atoms with Crippen LogP contribution in [0.15, 0.2) is 24.3 Å². The zero-order valence-corrected chi connectivity index (χ0v) is 11.0. The number of hydrogen-bond donors (Lipinski definition) is 2. The zero-order chi connectivity index (χ0) is 13.4. The van der Waals surface area contributed by atoms with Crippen LogP contribution in [0.3, 0.4) is 0 Å². The normalized spacial score (nSPS) is 9.89. The first-order valence-corrected chi connectivity index (χ1v) is 6.58. The van der Waals surface area contributed by atoms with Gasteiger partial charge in [0.2, 0.25) is 0 Å². The van der Waals surface area contributed by atoms with E-state index in [1.807, 2.05) is 12.1 Å². The lowest BCUT2D eigenvalue weighted by Gasteiger charge is -2.07. The highest BCUT2D eigenvalue weighted by Gasteiger charge is 2.09. The quantitative estimate of drug-likeness (QED) is 0.265. The Morgan fingerprint density at radius 1 is 1.39 bits per heavy atom. The van der Waals surface area contributed by atoms with Gasteiger partial charge in [-0.05, 0) is 11.6 Å². The number of hydrogen-bond acceptors (Lipinski definition) is 5. The summed E-state index contributed by atoms with van der Waals surface area (Å²) in [4.78, 5) is 22.4. The van der Waals surface area contributed by atoms with Gasteiger partial charge in [0.05, 0.1) is 13.5 Å². The Morgan fingerprint density at radius 2 is 2.11 bits per heavy atom. The highest BCUT2D eigenvalue weighted by Crippen LogP contribution is 2.17. The van der Waals surface area contributed by atoms with Crippen LogP contribution in [-0.4, -0.2) is 24.7 Å². The molecule has 0 fully saturated rings. The molecule has 0 aliphatic carbocycles. The van der Waals surface area contributed by atoms with E-state index in [0.29, 0.717) is 23.5 Å².